The Hall–Kier alpha value is -1.54. The topological polar surface area (TPSA) is 17.1 Å². The molecule has 0 saturated heterocycles. The van der Waals surface area contributed by atoms with Crippen LogP contribution in [0.1, 0.15) is 46.7 Å². The first-order valence-electron chi connectivity index (χ1n) is 7.07. The van der Waals surface area contributed by atoms with Crippen molar-refractivity contribution in [2.45, 2.75) is 30.1 Å². The molecule has 0 heterocycles. The van der Waals surface area contributed by atoms with Gasteiger partial charge in [0.15, 0.2) is 5.78 Å². The molecule has 0 N–H and O–H groups in total. The third-order valence-electron chi connectivity index (χ3n) is 4.08. The first-order valence-corrected chi connectivity index (χ1v) is 8.30. The lowest BCUT2D eigenvalue weighted by Crippen LogP contribution is -2.10. The van der Waals surface area contributed by atoms with E-state index in [1.54, 1.807) is 11.8 Å². The first-order chi connectivity index (χ1) is 9.79. The smallest absolute Gasteiger partial charge is 0.194 e. The second-order valence-electron chi connectivity index (χ2n) is 5.28. The van der Waals surface area contributed by atoms with Crippen molar-refractivity contribution >= 4 is 17.5 Å². The Labute approximate surface area is 124 Å². The van der Waals surface area contributed by atoms with Gasteiger partial charge < -0.3 is 0 Å². The predicted octanol–water partition coefficient (Wildman–Crippen LogP) is 4.91. The molecule has 0 radical (unpaired) electrons. The molecule has 0 atom stereocenters. The van der Waals surface area contributed by atoms with E-state index < -0.39 is 0 Å². The molecule has 2 aromatic carbocycles. The number of ketones is 1. The number of hydrogen-bond donors (Lipinski definition) is 0. The monoisotopic (exact) mass is 282 g/mol. The van der Waals surface area contributed by atoms with E-state index >= 15 is 0 Å². The number of benzene rings is 2. The number of hydrogen-bond acceptors (Lipinski definition) is 2. The Morgan fingerprint density at radius 2 is 1.90 bits per heavy atom. The van der Waals surface area contributed by atoms with Gasteiger partial charge in [0.2, 0.25) is 0 Å². The minimum atomic E-state index is 0.135. The summed E-state index contributed by atoms with van der Waals surface area (Å²) in [6.07, 6.45) is 5.85. The normalized spacial score (nSPS) is 14.8. The molecule has 1 saturated carbocycles. The van der Waals surface area contributed by atoms with Gasteiger partial charge in [-0.15, -0.1) is 11.8 Å². The van der Waals surface area contributed by atoms with Gasteiger partial charge in [0.1, 0.15) is 0 Å². The van der Waals surface area contributed by atoms with Crippen molar-refractivity contribution in [3.05, 3.63) is 65.2 Å². The van der Waals surface area contributed by atoms with Crippen LogP contribution >= 0.6 is 11.8 Å². The SMILES string of the molecule is CSc1ccccc1C(=O)c1cccc(C2CCC2)c1. The Balaban J connectivity index is 1.93. The van der Waals surface area contributed by atoms with Gasteiger partial charge in [-0.25, -0.2) is 0 Å². The van der Waals surface area contributed by atoms with Crippen molar-refractivity contribution in [3.63, 3.8) is 0 Å². The fourth-order valence-corrected chi connectivity index (χ4v) is 3.26. The van der Waals surface area contributed by atoms with Gasteiger partial charge in [-0.3, -0.25) is 4.79 Å². The zero-order valence-corrected chi connectivity index (χ0v) is 12.5. The van der Waals surface area contributed by atoms with Crippen molar-refractivity contribution in [2.24, 2.45) is 0 Å². The van der Waals surface area contributed by atoms with Gasteiger partial charge in [0, 0.05) is 16.0 Å². The van der Waals surface area contributed by atoms with Crippen LogP contribution in [0.2, 0.25) is 0 Å². The van der Waals surface area contributed by atoms with Gasteiger partial charge >= 0.3 is 0 Å². The van der Waals surface area contributed by atoms with Crippen LogP contribution in [-0.2, 0) is 0 Å². The molecular weight excluding hydrogens is 264 g/mol. The molecule has 20 heavy (non-hydrogen) atoms. The highest BCUT2D eigenvalue weighted by Gasteiger charge is 2.21. The van der Waals surface area contributed by atoms with E-state index in [9.17, 15) is 4.79 Å². The molecule has 0 bridgehead atoms. The second-order valence-corrected chi connectivity index (χ2v) is 6.13. The fourth-order valence-electron chi connectivity index (χ4n) is 2.66. The van der Waals surface area contributed by atoms with E-state index in [2.05, 4.69) is 12.1 Å². The molecule has 2 aromatic rings. The van der Waals surface area contributed by atoms with E-state index in [-0.39, 0.29) is 5.78 Å². The largest absolute Gasteiger partial charge is 0.289 e. The van der Waals surface area contributed by atoms with Gasteiger partial charge in [-0.05, 0) is 48.8 Å². The Bertz CT molecular complexity index is 629. The predicted molar refractivity (Wildman–Crippen MR) is 84.7 cm³/mol. The summed E-state index contributed by atoms with van der Waals surface area (Å²) in [5, 5.41) is 0. The lowest BCUT2D eigenvalue weighted by Gasteiger charge is -2.26. The molecule has 0 spiro atoms. The number of rotatable bonds is 4. The van der Waals surface area contributed by atoms with Gasteiger partial charge in [0.25, 0.3) is 0 Å². The average molecular weight is 282 g/mol. The maximum atomic E-state index is 12.7. The van der Waals surface area contributed by atoms with E-state index in [0.29, 0.717) is 5.92 Å². The molecule has 2 heteroatoms. The number of carbonyl (C=O) groups excluding carboxylic acids is 1. The van der Waals surface area contributed by atoms with E-state index in [1.165, 1.54) is 24.8 Å². The molecule has 102 valence electrons. The summed E-state index contributed by atoms with van der Waals surface area (Å²) < 4.78 is 0. The van der Waals surface area contributed by atoms with Crippen LogP contribution in [0.5, 0.6) is 0 Å². The van der Waals surface area contributed by atoms with E-state index in [1.807, 2.05) is 42.7 Å². The summed E-state index contributed by atoms with van der Waals surface area (Å²) in [4.78, 5) is 13.7. The van der Waals surface area contributed by atoms with Crippen molar-refractivity contribution in [1.82, 2.24) is 0 Å². The molecule has 0 aliphatic heterocycles. The average Bonchev–Trinajstić information content (AvgIpc) is 2.45. The van der Waals surface area contributed by atoms with Gasteiger partial charge in [0.05, 0.1) is 0 Å². The molecule has 1 fully saturated rings. The Morgan fingerprint density at radius 1 is 1.10 bits per heavy atom. The first kappa shape index (κ1) is 13.4. The summed E-state index contributed by atoms with van der Waals surface area (Å²) in [6.45, 7) is 0. The lowest BCUT2D eigenvalue weighted by atomic mass is 9.79. The quantitative estimate of drug-likeness (QED) is 0.585. The third-order valence-corrected chi connectivity index (χ3v) is 4.87. The third kappa shape index (κ3) is 2.53. The highest BCUT2D eigenvalue weighted by molar-refractivity contribution is 7.98. The Kier molecular flexibility index (Phi) is 3.93. The minimum absolute atomic E-state index is 0.135. The highest BCUT2D eigenvalue weighted by Crippen LogP contribution is 2.36. The molecule has 0 aromatic heterocycles. The summed E-state index contributed by atoms with van der Waals surface area (Å²) in [7, 11) is 0. The zero-order valence-electron chi connectivity index (χ0n) is 11.6. The van der Waals surface area contributed by atoms with Crippen LogP contribution < -0.4 is 0 Å². The summed E-state index contributed by atoms with van der Waals surface area (Å²) in [6, 6.07) is 16.0. The van der Waals surface area contributed by atoms with Crippen molar-refractivity contribution < 1.29 is 4.79 Å². The number of carbonyl (C=O) groups is 1. The maximum Gasteiger partial charge on any atom is 0.194 e. The Morgan fingerprint density at radius 3 is 2.60 bits per heavy atom. The highest BCUT2D eigenvalue weighted by atomic mass is 32.2. The van der Waals surface area contributed by atoms with Crippen LogP contribution in [0, 0.1) is 0 Å². The van der Waals surface area contributed by atoms with Crippen LogP contribution in [0.15, 0.2) is 53.4 Å². The molecule has 1 nitrogen and oxygen atoms in total. The fraction of sp³-hybridized carbons (Fsp3) is 0.278. The number of thioether (sulfide) groups is 1. The van der Waals surface area contributed by atoms with Gasteiger partial charge in [-0.1, -0.05) is 36.8 Å². The maximum absolute atomic E-state index is 12.7. The van der Waals surface area contributed by atoms with E-state index in [0.717, 1.165) is 16.0 Å². The van der Waals surface area contributed by atoms with Crippen LogP contribution in [0.25, 0.3) is 0 Å². The summed E-state index contributed by atoms with van der Waals surface area (Å²) >= 11 is 1.62. The van der Waals surface area contributed by atoms with Gasteiger partial charge in [-0.2, -0.15) is 0 Å². The van der Waals surface area contributed by atoms with Crippen LogP contribution in [0.4, 0.5) is 0 Å². The molecule has 0 unspecified atom stereocenters. The summed E-state index contributed by atoms with van der Waals surface area (Å²) in [5.74, 6) is 0.801. The minimum Gasteiger partial charge on any atom is -0.289 e. The standard InChI is InChI=1S/C18H18OS/c1-20-17-11-3-2-10-16(17)18(19)15-9-5-8-14(12-15)13-6-4-7-13/h2-3,5,8-13H,4,6-7H2,1H3. The molecular formula is C18H18OS. The molecule has 3 rings (SSSR count). The van der Waals surface area contributed by atoms with Crippen molar-refractivity contribution in [1.29, 1.82) is 0 Å². The molecule has 1 aliphatic carbocycles. The zero-order chi connectivity index (χ0) is 13.9. The lowest BCUT2D eigenvalue weighted by molar-refractivity contribution is 0.103. The van der Waals surface area contributed by atoms with E-state index in [4.69, 9.17) is 0 Å². The van der Waals surface area contributed by atoms with Crippen molar-refractivity contribution in [2.75, 3.05) is 6.26 Å². The van der Waals surface area contributed by atoms with Crippen molar-refractivity contribution in [3.8, 4) is 0 Å². The molecule has 0 amide bonds. The summed E-state index contributed by atoms with van der Waals surface area (Å²) in [5.41, 5.74) is 2.95. The second kappa shape index (κ2) is 5.84. The van der Waals surface area contributed by atoms with Crippen LogP contribution in [-0.4, -0.2) is 12.0 Å². The van der Waals surface area contributed by atoms with Crippen LogP contribution in [0.3, 0.4) is 0 Å². The molecule has 1 aliphatic rings.